The van der Waals surface area contributed by atoms with Crippen molar-refractivity contribution in [3.63, 3.8) is 0 Å². The van der Waals surface area contributed by atoms with Gasteiger partial charge < -0.3 is 14.4 Å². The van der Waals surface area contributed by atoms with Crippen LogP contribution < -0.4 is 0 Å². The summed E-state index contributed by atoms with van der Waals surface area (Å²) in [7, 11) is 2.00. The van der Waals surface area contributed by atoms with E-state index in [9.17, 15) is 9.59 Å². The molecule has 4 heterocycles. The standard InChI is InChI=1S/C19H24N4O2S/c1-21-11-8-20-17(21)14-7-10-22(13-14)18(24)15-5-2-3-9-23(15)19(25)16-6-4-12-26-16/h4,6,8,11-12,14-15H,2-3,5,7,9-10,13H2,1H3. The molecule has 2 saturated heterocycles. The van der Waals surface area contributed by atoms with Crippen LogP contribution in [-0.4, -0.2) is 56.8 Å². The third-order valence-corrected chi connectivity index (χ3v) is 6.36. The van der Waals surface area contributed by atoms with Gasteiger partial charge in [0.2, 0.25) is 5.91 Å². The van der Waals surface area contributed by atoms with Crippen molar-refractivity contribution in [3.8, 4) is 0 Å². The Bertz CT molecular complexity index is 785. The van der Waals surface area contributed by atoms with Gasteiger partial charge in [-0.2, -0.15) is 0 Å². The van der Waals surface area contributed by atoms with Crippen LogP contribution in [0.25, 0.3) is 0 Å². The van der Waals surface area contributed by atoms with E-state index in [0.717, 1.165) is 42.9 Å². The van der Waals surface area contributed by atoms with Crippen LogP contribution in [0.1, 0.15) is 47.1 Å². The number of likely N-dealkylation sites (tertiary alicyclic amines) is 2. The lowest BCUT2D eigenvalue weighted by atomic mass is 10.0. The first-order valence-corrected chi connectivity index (χ1v) is 10.1. The number of thiophene rings is 1. The highest BCUT2D eigenvalue weighted by atomic mass is 32.1. The molecule has 0 aromatic carbocycles. The minimum absolute atomic E-state index is 0.00195. The van der Waals surface area contributed by atoms with Crippen LogP contribution in [0, 0.1) is 0 Å². The van der Waals surface area contributed by atoms with E-state index in [1.807, 2.05) is 46.4 Å². The molecule has 7 heteroatoms. The van der Waals surface area contributed by atoms with E-state index in [2.05, 4.69) is 4.98 Å². The lowest BCUT2D eigenvalue weighted by molar-refractivity contribution is -0.136. The van der Waals surface area contributed by atoms with Crippen molar-refractivity contribution >= 4 is 23.2 Å². The molecule has 2 atom stereocenters. The highest BCUT2D eigenvalue weighted by molar-refractivity contribution is 7.12. The van der Waals surface area contributed by atoms with E-state index in [4.69, 9.17) is 0 Å². The molecule has 2 aliphatic rings. The van der Waals surface area contributed by atoms with E-state index in [-0.39, 0.29) is 23.8 Å². The molecule has 26 heavy (non-hydrogen) atoms. The predicted octanol–water partition coefficient (Wildman–Crippen LogP) is 2.49. The summed E-state index contributed by atoms with van der Waals surface area (Å²) in [4.78, 5) is 34.9. The molecule has 0 saturated carbocycles. The molecule has 4 rings (SSSR count). The highest BCUT2D eigenvalue weighted by Gasteiger charge is 2.38. The molecule has 2 fully saturated rings. The molecular weight excluding hydrogens is 348 g/mol. The first kappa shape index (κ1) is 17.3. The van der Waals surface area contributed by atoms with Crippen molar-refractivity contribution in [2.75, 3.05) is 19.6 Å². The zero-order valence-electron chi connectivity index (χ0n) is 15.0. The lowest BCUT2D eigenvalue weighted by Gasteiger charge is -2.36. The molecule has 2 aliphatic heterocycles. The van der Waals surface area contributed by atoms with E-state index in [1.165, 1.54) is 11.3 Å². The maximum Gasteiger partial charge on any atom is 0.264 e. The zero-order valence-corrected chi connectivity index (χ0v) is 15.8. The number of amides is 2. The van der Waals surface area contributed by atoms with Gasteiger partial charge in [0.25, 0.3) is 5.91 Å². The molecule has 2 unspecified atom stereocenters. The Morgan fingerprint density at radius 2 is 2.12 bits per heavy atom. The summed E-state index contributed by atoms with van der Waals surface area (Å²) in [5.74, 6) is 1.42. The number of carbonyl (C=O) groups is 2. The predicted molar refractivity (Wildman–Crippen MR) is 100 cm³/mol. The molecular formula is C19H24N4O2S. The van der Waals surface area contributed by atoms with Gasteiger partial charge in [0.15, 0.2) is 0 Å². The van der Waals surface area contributed by atoms with Gasteiger partial charge in [0.1, 0.15) is 11.9 Å². The number of rotatable bonds is 3. The average Bonchev–Trinajstić information content (AvgIpc) is 3.41. The van der Waals surface area contributed by atoms with Crippen molar-refractivity contribution in [2.24, 2.45) is 7.05 Å². The Balaban J connectivity index is 1.47. The second-order valence-corrected chi connectivity index (χ2v) is 8.10. The Morgan fingerprint density at radius 1 is 1.23 bits per heavy atom. The van der Waals surface area contributed by atoms with Gasteiger partial charge >= 0.3 is 0 Å². The van der Waals surface area contributed by atoms with Crippen LogP contribution >= 0.6 is 11.3 Å². The molecule has 6 nitrogen and oxygen atoms in total. The largest absolute Gasteiger partial charge is 0.340 e. The summed E-state index contributed by atoms with van der Waals surface area (Å²) < 4.78 is 2.03. The normalized spacial score (nSPS) is 23.4. The fourth-order valence-corrected chi connectivity index (χ4v) is 4.80. The minimum atomic E-state index is -0.321. The molecule has 2 aromatic rings. The van der Waals surface area contributed by atoms with Gasteiger partial charge in [-0.05, 0) is 37.1 Å². The average molecular weight is 372 g/mol. The third-order valence-electron chi connectivity index (χ3n) is 5.50. The summed E-state index contributed by atoms with van der Waals surface area (Å²) in [6.45, 7) is 2.11. The van der Waals surface area contributed by atoms with Crippen LogP contribution in [0.15, 0.2) is 29.9 Å². The Hall–Kier alpha value is -2.15. The van der Waals surface area contributed by atoms with E-state index in [0.29, 0.717) is 13.1 Å². The Morgan fingerprint density at radius 3 is 2.85 bits per heavy atom. The smallest absolute Gasteiger partial charge is 0.264 e. The van der Waals surface area contributed by atoms with Gasteiger partial charge in [-0.15, -0.1) is 11.3 Å². The van der Waals surface area contributed by atoms with Gasteiger partial charge in [-0.3, -0.25) is 9.59 Å². The molecule has 0 radical (unpaired) electrons. The summed E-state index contributed by atoms with van der Waals surface area (Å²) in [6, 6.07) is 3.41. The summed E-state index contributed by atoms with van der Waals surface area (Å²) in [6.07, 6.45) is 7.42. The number of hydrogen-bond donors (Lipinski definition) is 0. The van der Waals surface area contributed by atoms with Gasteiger partial charge in [0.05, 0.1) is 4.88 Å². The number of imidazole rings is 1. The van der Waals surface area contributed by atoms with Crippen LogP contribution in [0.3, 0.4) is 0 Å². The fraction of sp³-hybridized carbons (Fsp3) is 0.526. The topological polar surface area (TPSA) is 58.4 Å². The van der Waals surface area contributed by atoms with Crippen LogP contribution in [-0.2, 0) is 11.8 Å². The maximum atomic E-state index is 13.2. The van der Waals surface area contributed by atoms with E-state index < -0.39 is 0 Å². The monoisotopic (exact) mass is 372 g/mol. The second-order valence-electron chi connectivity index (χ2n) is 7.15. The SMILES string of the molecule is Cn1ccnc1C1CCN(C(=O)C2CCCCN2C(=O)c2cccs2)C1. The first-order chi connectivity index (χ1) is 12.6. The van der Waals surface area contributed by atoms with E-state index in [1.54, 1.807) is 4.90 Å². The molecule has 138 valence electrons. The van der Waals surface area contributed by atoms with E-state index >= 15 is 0 Å². The minimum Gasteiger partial charge on any atom is -0.340 e. The number of aromatic nitrogens is 2. The maximum absolute atomic E-state index is 13.2. The van der Waals surface area contributed by atoms with Crippen molar-refractivity contribution in [1.29, 1.82) is 0 Å². The number of aryl methyl sites for hydroxylation is 1. The Labute approximate surface area is 157 Å². The van der Waals surface area contributed by atoms with Crippen LogP contribution in [0.2, 0.25) is 0 Å². The van der Waals surface area contributed by atoms with Crippen LogP contribution in [0.5, 0.6) is 0 Å². The highest BCUT2D eigenvalue weighted by Crippen LogP contribution is 2.29. The fourth-order valence-electron chi connectivity index (χ4n) is 4.13. The number of nitrogens with zero attached hydrogens (tertiary/aromatic N) is 4. The zero-order chi connectivity index (χ0) is 18.1. The third kappa shape index (κ3) is 3.16. The van der Waals surface area contributed by atoms with Gasteiger partial charge in [-0.1, -0.05) is 6.07 Å². The molecule has 0 N–H and O–H groups in total. The van der Waals surface area contributed by atoms with Crippen molar-refractivity contribution in [1.82, 2.24) is 19.4 Å². The summed E-state index contributed by atoms with van der Waals surface area (Å²) in [5.41, 5.74) is 0. The first-order valence-electron chi connectivity index (χ1n) is 9.25. The molecule has 0 bridgehead atoms. The molecule has 0 spiro atoms. The quantitative estimate of drug-likeness (QED) is 0.832. The number of hydrogen-bond acceptors (Lipinski definition) is 4. The van der Waals surface area contributed by atoms with Crippen molar-refractivity contribution in [2.45, 2.75) is 37.6 Å². The van der Waals surface area contributed by atoms with Crippen molar-refractivity contribution in [3.05, 3.63) is 40.6 Å². The van der Waals surface area contributed by atoms with Gasteiger partial charge in [-0.25, -0.2) is 4.98 Å². The molecule has 2 aromatic heterocycles. The second kappa shape index (κ2) is 7.23. The summed E-state index contributed by atoms with van der Waals surface area (Å²) >= 11 is 1.44. The van der Waals surface area contributed by atoms with Gasteiger partial charge in [0, 0.05) is 45.0 Å². The number of piperidine rings is 1. The summed E-state index contributed by atoms with van der Waals surface area (Å²) in [5, 5.41) is 1.91. The van der Waals surface area contributed by atoms with Crippen LogP contribution in [0.4, 0.5) is 0 Å². The van der Waals surface area contributed by atoms with Crippen molar-refractivity contribution < 1.29 is 9.59 Å². The molecule has 2 amide bonds. The number of carbonyl (C=O) groups excluding carboxylic acids is 2. The lowest BCUT2D eigenvalue weighted by Crippen LogP contribution is -2.52. The Kier molecular flexibility index (Phi) is 4.80. The molecule has 0 aliphatic carbocycles.